The van der Waals surface area contributed by atoms with Crippen LogP contribution in [0.3, 0.4) is 0 Å². The van der Waals surface area contributed by atoms with Crippen molar-refractivity contribution in [1.82, 2.24) is 15.3 Å². The molecule has 1 atom stereocenters. The van der Waals surface area contributed by atoms with E-state index in [1.165, 1.54) is 12.8 Å². The quantitative estimate of drug-likeness (QED) is 0.679. The highest BCUT2D eigenvalue weighted by molar-refractivity contribution is 7.99. The van der Waals surface area contributed by atoms with Crippen LogP contribution in [-0.2, 0) is 0 Å². The van der Waals surface area contributed by atoms with Crippen molar-refractivity contribution in [1.29, 1.82) is 0 Å². The predicted molar refractivity (Wildman–Crippen MR) is 78.5 cm³/mol. The number of hydrogen-bond acceptors (Lipinski definition) is 4. The molecule has 3 rings (SSSR count). The molecule has 0 bridgehead atoms. The number of aromatic nitrogens is 2. The van der Waals surface area contributed by atoms with Gasteiger partial charge < -0.3 is 15.4 Å². The van der Waals surface area contributed by atoms with Gasteiger partial charge in [0.05, 0.1) is 17.6 Å². The van der Waals surface area contributed by atoms with E-state index in [0.29, 0.717) is 6.04 Å². The Hall–Kier alpha value is -1.04. The minimum atomic E-state index is 0.219. The molecule has 19 heavy (non-hydrogen) atoms. The topological polar surface area (TPSA) is 60.9 Å². The van der Waals surface area contributed by atoms with Gasteiger partial charge in [-0.3, -0.25) is 0 Å². The van der Waals surface area contributed by atoms with Crippen molar-refractivity contribution in [3.8, 4) is 0 Å². The van der Waals surface area contributed by atoms with Crippen molar-refractivity contribution >= 4 is 22.8 Å². The molecule has 3 N–H and O–H groups in total. The van der Waals surface area contributed by atoms with E-state index in [9.17, 15) is 5.11 Å². The number of aliphatic hydroxyl groups excluding tert-OH is 1. The van der Waals surface area contributed by atoms with Gasteiger partial charge in [0.25, 0.3) is 0 Å². The molecule has 1 fully saturated rings. The van der Waals surface area contributed by atoms with Gasteiger partial charge in [0.15, 0.2) is 5.16 Å². The zero-order valence-electron chi connectivity index (χ0n) is 10.8. The standard InChI is InChI=1S/C14H19N3OS/c18-9-11(15-10-5-6-10)7-8-19-14-16-12-3-1-2-4-13(12)17-14/h1-4,10-11,15,18H,5-9H2,(H,16,17). The molecule has 102 valence electrons. The van der Waals surface area contributed by atoms with Gasteiger partial charge >= 0.3 is 0 Å². The van der Waals surface area contributed by atoms with Gasteiger partial charge in [0.2, 0.25) is 0 Å². The molecule has 1 unspecified atom stereocenters. The Kier molecular flexibility index (Phi) is 4.06. The second kappa shape index (κ2) is 5.94. The number of para-hydroxylation sites is 2. The highest BCUT2D eigenvalue weighted by atomic mass is 32.2. The number of rotatable bonds is 7. The highest BCUT2D eigenvalue weighted by Crippen LogP contribution is 2.22. The zero-order valence-corrected chi connectivity index (χ0v) is 11.6. The first-order valence-corrected chi connectivity index (χ1v) is 7.78. The van der Waals surface area contributed by atoms with E-state index >= 15 is 0 Å². The van der Waals surface area contributed by atoms with Crippen LogP contribution >= 0.6 is 11.8 Å². The molecule has 0 spiro atoms. The lowest BCUT2D eigenvalue weighted by Crippen LogP contribution is -2.34. The molecule has 4 nitrogen and oxygen atoms in total. The first-order valence-electron chi connectivity index (χ1n) is 6.79. The molecule has 2 aromatic rings. The van der Waals surface area contributed by atoms with Crippen LogP contribution in [0.4, 0.5) is 0 Å². The number of fused-ring (bicyclic) bond motifs is 1. The minimum absolute atomic E-state index is 0.219. The van der Waals surface area contributed by atoms with Gasteiger partial charge in [0.1, 0.15) is 0 Å². The number of thioether (sulfide) groups is 1. The summed E-state index contributed by atoms with van der Waals surface area (Å²) < 4.78 is 0. The summed E-state index contributed by atoms with van der Waals surface area (Å²) in [4.78, 5) is 7.84. The maximum Gasteiger partial charge on any atom is 0.166 e. The third-order valence-electron chi connectivity index (χ3n) is 3.34. The fraction of sp³-hybridized carbons (Fsp3) is 0.500. The largest absolute Gasteiger partial charge is 0.395 e. The average Bonchev–Trinajstić information content (AvgIpc) is 3.14. The number of imidazole rings is 1. The van der Waals surface area contributed by atoms with Crippen LogP contribution < -0.4 is 5.32 Å². The lowest BCUT2D eigenvalue weighted by Gasteiger charge is -2.14. The molecule has 1 saturated carbocycles. The maximum atomic E-state index is 9.32. The van der Waals surface area contributed by atoms with Crippen molar-refractivity contribution in [2.45, 2.75) is 36.5 Å². The SMILES string of the molecule is OCC(CCSc1nc2ccccc2[nH]1)NC1CC1. The maximum absolute atomic E-state index is 9.32. The predicted octanol–water partition coefficient (Wildman–Crippen LogP) is 2.16. The molecule has 1 heterocycles. The Morgan fingerprint density at radius 3 is 3.00 bits per heavy atom. The molecule has 0 saturated heterocycles. The Morgan fingerprint density at radius 2 is 2.26 bits per heavy atom. The second-order valence-corrected chi connectivity index (χ2v) is 6.10. The van der Waals surface area contributed by atoms with Gasteiger partial charge in [-0.1, -0.05) is 23.9 Å². The summed E-state index contributed by atoms with van der Waals surface area (Å²) in [5, 5.41) is 13.7. The van der Waals surface area contributed by atoms with Gasteiger partial charge in [-0.15, -0.1) is 0 Å². The molecular formula is C14H19N3OS. The Labute approximate surface area is 117 Å². The van der Waals surface area contributed by atoms with E-state index in [1.54, 1.807) is 11.8 Å². The number of aliphatic hydroxyl groups is 1. The normalized spacial score (nSPS) is 16.9. The molecule has 0 aliphatic heterocycles. The van der Waals surface area contributed by atoms with Crippen LogP contribution in [0.2, 0.25) is 0 Å². The van der Waals surface area contributed by atoms with E-state index in [4.69, 9.17) is 0 Å². The van der Waals surface area contributed by atoms with Crippen molar-refractivity contribution in [2.24, 2.45) is 0 Å². The lowest BCUT2D eigenvalue weighted by atomic mass is 10.2. The monoisotopic (exact) mass is 277 g/mol. The third-order valence-corrected chi connectivity index (χ3v) is 4.25. The van der Waals surface area contributed by atoms with Gasteiger partial charge in [-0.2, -0.15) is 0 Å². The smallest absolute Gasteiger partial charge is 0.166 e. The van der Waals surface area contributed by atoms with E-state index in [1.807, 2.05) is 24.3 Å². The van der Waals surface area contributed by atoms with Gasteiger partial charge in [-0.25, -0.2) is 4.98 Å². The van der Waals surface area contributed by atoms with Crippen LogP contribution in [-0.4, -0.2) is 39.5 Å². The summed E-state index contributed by atoms with van der Waals surface area (Å²) in [6.07, 6.45) is 3.48. The average molecular weight is 277 g/mol. The molecular weight excluding hydrogens is 258 g/mol. The first-order chi connectivity index (χ1) is 9.35. The molecule has 1 aromatic carbocycles. The van der Waals surface area contributed by atoms with E-state index in [-0.39, 0.29) is 12.6 Å². The fourth-order valence-corrected chi connectivity index (χ4v) is 3.05. The number of benzene rings is 1. The summed E-state index contributed by atoms with van der Waals surface area (Å²) in [5.74, 6) is 0.963. The van der Waals surface area contributed by atoms with Crippen LogP contribution in [0.15, 0.2) is 29.4 Å². The van der Waals surface area contributed by atoms with Gasteiger partial charge in [-0.05, 0) is 31.4 Å². The lowest BCUT2D eigenvalue weighted by molar-refractivity contribution is 0.238. The van der Waals surface area contributed by atoms with Crippen molar-refractivity contribution in [3.63, 3.8) is 0 Å². The van der Waals surface area contributed by atoms with Crippen molar-refractivity contribution < 1.29 is 5.11 Å². The molecule has 5 heteroatoms. The molecule has 1 aliphatic rings. The minimum Gasteiger partial charge on any atom is -0.395 e. The number of nitrogens with one attached hydrogen (secondary N) is 2. The van der Waals surface area contributed by atoms with Crippen LogP contribution in [0.25, 0.3) is 11.0 Å². The van der Waals surface area contributed by atoms with Crippen molar-refractivity contribution in [3.05, 3.63) is 24.3 Å². The number of aromatic amines is 1. The Bertz CT molecular complexity index is 505. The van der Waals surface area contributed by atoms with Crippen molar-refractivity contribution in [2.75, 3.05) is 12.4 Å². The van der Waals surface area contributed by atoms with Crippen LogP contribution in [0.5, 0.6) is 0 Å². The molecule has 0 radical (unpaired) electrons. The second-order valence-electron chi connectivity index (χ2n) is 5.02. The summed E-state index contributed by atoms with van der Waals surface area (Å²) in [6, 6.07) is 8.94. The molecule has 1 aliphatic carbocycles. The molecule has 0 amide bonds. The Balaban J connectivity index is 1.50. The summed E-state index contributed by atoms with van der Waals surface area (Å²) in [7, 11) is 0. The number of nitrogens with zero attached hydrogens (tertiary/aromatic N) is 1. The zero-order chi connectivity index (χ0) is 13.1. The third kappa shape index (κ3) is 3.49. The first kappa shape index (κ1) is 13.0. The summed E-state index contributed by atoms with van der Waals surface area (Å²) in [5.41, 5.74) is 2.10. The molecule has 1 aromatic heterocycles. The van der Waals surface area contributed by atoms with Crippen LogP contribution in [0, 0.1) is 0 Å². The fourth-order valence-electron chi connectivity index (χ4n) is 2.11. The highest BCUT2D eigenvalue weighted by Gasteiger charge is 2.23. The van der Waals surface area contributed by atoms with E-state index in [2.05, 4.69) is 15.3 Å². The Morgan fingerprint density at radius 1 is 1.42 bits per heavy atom. The van der Waals surface area contributed by atoms with Gasteiger partial charge in [0, 0.05) is 17.8 Å². The number of H-pyrrole nitrogens is 1. The van der Waals surface area contributed by atoms with Crippen LogP contribution in [0.1, 0.15) is 19.3 Å². The number of hydrogen-bond donors (Lipinski definition) is 3. The van der Waals surface area contributed by atoms with E-state index in [0.717, 1.165) is 28.4 Å². The summed E-state index contributed by atoms with van der Waals surface area (Å²) in [6.45, 7) is 0.219. The summed E-state index contributed by atoms with van der Waals surface area (Å²) >= 11 is 1.72. The van der Waals surface area contributed by atoms with E-state index < -0.39 is 0 Å².